The highest BCUT2D eigenvalue weighted by molar-refractivity contribution is 14.1. The Morgan fingerprint density at radius 1 is 0.900 bits per heavy atom. The van der Waals surface area contributed by atoms with Gasteiger partial charge < -0.3 is 5.73 Å². The van der Waals surface area contributed by atoms with Gasteiger partial charge in [-0.05, 0) is 70.9 Å². The smallest absolute Gasteiger partial charge is 0.0314 e. The number of anilines is 1. The Balaban J connectivity index is 2.02. The van der Waals surface area contributed by atoms with Crippen LogP contribution in [0.2, 0.25) is 0 Å². The van der Waals surface area contributed by atoms with E-state index in [9.17, 15) is 0 Å². The summed E-state index contributed by atoms with van der Waals surface area (Å²) in [6.07, 6.45) is 1.17. The maximum Gasteiger partial charge on any atom is 0.0314 e. The third kappa shape index (κ3) is 4.80. The first-order valence-electron chi connectivity index (χ1n) is 6.98. The molecule has 0 atom stereocenters. The lowest BCUT2D eigenvalue weighted by Crippen LogP contribution is -2.23. The van der Waals surface area contributed by atoms with Gasteiger partial charge in [-0.1, -0.05) is 31.2 Å². The zero-order chi connectivity index (χ0) is 14.4. The number of hydrogen-bond acceptors (Lipinski definition) is 2. The number of nitrogens with two attached hydrogens (primary N) is 1. The van der Waals surface area contributed by atoms with E-state index in [4.69, 9.17) is 5.73 Å². The third-order valence-corrected chi connectivity index (χ3v) is 3.96. The summed E-state index contributed by atoms with van der Waals surface area (Å²) in [6.45, 7) is 5.30. The number of nitrogens with zero attached hydrogens (tertiary/aromatic N) is 1. The molecule has 0 unspecified atom stereocenters. The fraction of sp³-hybridized carbons (Fsp3) is 0.294. The number of hydrogen-bond donors (Lipinski definition) is 1. The van der Waals surface area contributed by atoms with Crippen molar-refractivity contribution in [3.63, 3.8) is 0 Å². The zero-order valence-electron chi connectivity index (χ0n) is 11.8. The molecule has 20 heavy (non-hydrogen) atoms. The highest BCUT2D eigenvalue weighted by Gasteiger charge is 2.06. The standard InChI is InChI=1S/C17H21IN2/c1-2-11-20(12-14-3-7-16(18)8-4-14)13-15-5-9-17(19)10-6-15/h3-10H,2,11-13,19H2,1H3. The summed E-state index contributed by atoms with van der Waals surface area (Å²) in [7, 11) is 0. The summed E-state index contributed by atoms with van der Waals surface area (Å²) < 4.78 is 1.28. The largest absolute Gasteiger partial charge is 0.399 e. The van der Waals surface area contributed by atoms with Crippen molar-refractivity contribution in [1.82, 2.24) is 4.90 Å². The van der Waals surface area contributed by atoms with Gasteiger partial charge in [0.15, 0.2) is 0 Å². The summed E-state index contributed by atoms with van der Waals surface area (Å²) >= 11 is 2.34. The zero-order valence-corrected chi connectivity index (χ0v) is 14.0. The summed E-state index contributed by atoms with van der Waals surface area (Å²) in [5.74, 6) is 0. The van der Waals surface area contributed by atoms with Gasteiger partial charge in [0.25, 0.3) is 0 Å². The second kappa shape index (κ2) is 7.64. The Morgan fingerprint density at radius 2 is 1.40 bits per heavy atom. The van der Waals surface area contributed by atoms with Crippen molar-refractivity contribution in [1.29, 1.82) is 0 Å². The highest BCUT2D eigenvalue weighted by Crippen LogP contribution is 2.13. The predicted octanol–water partition coefficient (Wildman–Crippen LogP) is 4.29. The minimum atomic E-state index is 0.827. The van der Waals surface area contributed by atoms with Crippen molar-refractivity contribution in [3.8, 4) is 0 Å². The number of benzene rings is 2. The Kier molecular flexibility index (Phi) is 5.86. The SMILES string of the molecule is CCCN(Cc1ccc(N)cc1)Cc1ccc(I)cc1. The summed E-state index contributed by atoms with van der Waals surface area (Å²) in [5.41, 5.74) is 9.25. The maximum absolute atomic E-state index is 5.74. The Bertz CT molecular complexity index is 472. The van der Waals surface area contributed by atoms with E-state index in [2.05, 4.69) is 70.8 Å². The molecule has 0 aromatic heterocycles. The molecule has 0 amide bonds. The van der Waals surface area contributed by atoms with E-state index in [1.165, 1.54) is 21.1 Å². The second-order valence-electron chi connectivity index (χ2n) is 5.08. The Labute approximate surface area is 135 Å². The third-order valence-electron chi connectivity index (χ3n) is 3.25. The van der Waals surface area contributed by atoms with Gasteiger partial charge in [0.2, 0.25) is 0 Å². The Hall–Kier alpha value is -1.07. The molecule has 0 saturated carbocycles. The van der Waals surface area contributed by atoms with Gasteiger partial charge in [-0.25, -0.2) is 0 Å². The lowest BCUT2D eigenvalue weighted by molar-refractivity contribution is 0.257. The number of rotatable bonds is 6. The molecule has 2 aromatic rings. The molecule has 0 saturated heterocycles. The molecule has 0 aliphatic carbocycles. The van der Waals surface area contributed by atoms with Crippen LogP contribution in [0.1, 0.15) is 24.5 Å². The first-order valence-corrected chi connectivity index (χ1v) is 8.06. The summed E-state index contributed by atoms with van der Waals surface area (Å²) in [4.78, 5) is 2.48. The average molecular weight is 380 g/mol. The molecule has 0 bridgehead atoms. The van der Waals surface area contributed by atoms with E-state index in [0.717, 1.165) is 25.3 Å². The van der Waals surface area contributed by atoms with Gasteiger partial charge in [-0.2, -0.15) is 0 Å². The topological polar surface area (TPSA) is 29.3 Å². The monoisotopic (exact) mass is 380 g/mol. The van der Waals surface area contributed by atoms with Crippen LogP contribution in [-0.4, -0.2) is 11.4 Å². The fourth-order valence-electron chi connectivity index (χ4n) is 2.26. The molecule has 0 spiro atoms. The normalized spacial score (nSPS) is 10.9. The van der Waals surface area contributed by atoms with Crippen LogP contribution in [0.5, 0.6) is 0 Å². The molecular formula is C17H21IN2. The van der Waals surface area contributed by atoms with E-state index in [1.54, 1.807) is 0 Å². The molecule has 106 valence electrons. The molecule has 2 aromatic carbocycles. The van der Waals surface area contributed by atoms with Gasteiger partial charge in [0, 0.05) is 22.3 Å². The van der Waals surface area contributed by atoms with Gasteiger partial charge >= 0.3 is 0 Å². The van der Waals surface area contributed by atoms with Crippen LogP contribution < -0.4 is 5.73 Å². The Morgan fingerprint density at radius 3 is 1.90 bits per heavy atom. The maximum atomic E-state index is 5.74. The van der Waals surface area contributed by atoms with Crippen LogP contribution in [0.3, 0.4) is 0 Å². The summed E-state index contributed by atoms with van der Waals surface area (Å²) in [5, 5.41) is 0. The molecule has 0 radical (unpaired) electrons. The van der Waals surface area contributed by atoms with Gasteiger partial charge in [0.1, 0.15) is 0 Å². The van der Waals surface area contributed by atoms with E-state index in [0.29, 0.717) is 0 Å². The molecule has 0 aliphatic heterocycles. The lowest BCUT2D eigenvalue weighted by Gasteiger charge is -2.22. The summed E-state index contributed by atoms with van der Waals surface area (Å²) in [6, 6.07) is 17.0. The van der Waals surface area contributed by atoms with E-state index in [1.807, 2.05) is 12.1 Å². The fourth-order valence-corrected chi connectivity index (χ4v) is 2.62. The minimum absolute atomic E-state index is 0.827. The van der Waals surface area contributed by atoms with Crippen LogP contribution in [-0.2, 0) is 13.1 Å². The molecule has 2 N–H and O–H groups in total. The average Bonchev–Trinajstić information content (AvgIpc) is 2.44. The first kappa shape index (κ1) is 15.3. The van der Waals surface area contributed by atoms with Gasteiger partial charge in [0.05, 0.1) is 0 Å². The van der Waals surface area contributed by atoms with Crippen molar-refractivity contribution in [3.05, 3.63) is 63.2 Å². The van der Waals surface area contributed by atoms with E-state index < -0.39 is 0 Å². The van der Waals surface area contributed by atoms with Crippen LogP contribution in [0.25, 0.3) is 0 Å². The van der Waals surface area contributed by atoms with Crippen molar-refractivity contribution in [2.24, 2.45) is 0 Å². The number of halogens is 1. The molecule has 2 nitrogen and oxygen atoms in total. The highest BCUT2D eigenvalue weighted by atomic mass is 127. The van der Waals surface area contributed by atoms with Crippen LogP contribution >= 0.6 is 22.6 Å². The molecule has 3 heteroatoms. The van der Waals surface area contributed by atoms with Gasteiger partial charge in [-0.15, -0.1) is 0 Å². The van der Waals surface area contributed by atoms with Crippen LogP contribution in [0.15, 0.2) is 48.5 Å². The van der Waals surface area contributed by atoms with Crippen LogP contribution in [0.4, 0.5) is 5.69 Å². The molecular weight excluding hydrogens is 359 g/mol. The predicted molar refractivity (Wildman–Crippen MR) is 94.4 cm³/mol. The van der Waals surface area contributed by atoms with Gasteiger partial charge in [-0.3, -0.25) is 4.90 Å². The number of nitrogen functional groups attached to an aromatic ring is 1. The van der Waals surface area contributed by atoms with Crippen LogP contribution in [0, 0.1) is 3.57 Å². The van der Waals surface area contributed by atoms with Crippen molar-refractivity contribution < 1.29 is 0 Å². The molecule has 2 rings (SSSR count). The second-order valence-corrected chi connectivity index (χ2v) is 6.32. The van der Waals surface area contributed by atoms with Crippen molar-refractivity contribution in [2.45, 2.75) is 26.4 Å². The molecule has 0 heterocycles. The minimum Gasteiger partial charge on any atom is -0.399 e. The quantitative estimate of drug-likeness (QED) is 0.599. The molecule has 0 fully saturated rings. The van der Waals surface area contributed by atoms with E-state index in [-0.39, 0.29) is 0 Å². The first-order chi connectivity index (χ1) is 9.67. The van der Waals surface area contributed by atoms with E-state index >= 15 is 0 Å². The lowest BCUT2D eigenvalue weighted by atomic mass is 10.1. The van der Waals surface area contributed by atoms with Crippen molar-refractivity contribution in [2.75, 3.05) is 12.3 Å². The molecule has 0 aliphatic rings. The van der Waals surface area contributed by atoms with Crippen molar-refractivity contribution >= 4 is 28.3 Å².